The lowest BCUT2D eigenvalue weighted by atomic mass is 9.73. The van der Waals surface area contributed by atoms with Crippen LogP contribution < -0.4 is 28.5 Å². The zero-order chi connectivity index (χ0) is 17.7. The maximum atomic E-state index is 12.9. The van der Waals surface area contributed by atoms with Crippen LogP contribution in [0.1, 0.15) is 37.7 Å². The summed E-state index contributed by atoms with van der Waals surface area (Å²) in [5, 5.41) is 11.4. The molecule has 0 saturated heterocycles. The topological polar surface area (TPSA) is 55.3 Å². The fraction of sp³-hybridized carbons (Fsp3) is 0.500. The van der Waals surface area contributed by atoms with Crippen molar-refractivity contribution >= 4 is 5.97 Å². The molecule has 3 rings (SSSR count). The monoisotopic (exact) mass is 470 g/mol. The lowest BCUT2D eigenvalue weighted by Gasteiger charge is -2.36. The zero-order valence-electron chi connectivity index (χ0n) is 15.2. The van der Waals surface area contributed by atoms with Gasteiger partial charge in [0.25, 0.3) is 0 Å². The largest absolute Gasteiger partial charge is 1.00 e. The quantitative estimate of drug-likeness (QED) is 0.346. The van der Waals surface area contributed by atoms with E-state index in [0.717, 1.165) is 25.7 Å². The molecule has 1 aromatic carbocycles. The van der Waals surface area contributed by atoms with E-state index in [2.05, 4.69) is 0 Å². The second kappa shape index (κ2) is 9.50. The smallest absolute Gasteiger partial charge is 0.343 e. The molecule has 1 aliphatic rings. The maximum absolute atomic E-state index is 12.9. The summed E-state index contributed by atoms with van der Waals surface area (Å²) in [5.74, 6) is -0.609. The van der Waals surface area contributed by atoms with Crippen LogP contribution in [-0.4, -0.2) is 22.2 Å². The number of benzene rings is 1. The Bertz CT molecular complexity index is 698. The van der Waals surface area contributed by atoms with Gasteiger partial charge in [0.1, 0.15) is 25.5 Å². The summed E-state index contributed by atoms with van der Waals surface area (Å²) in [6, 6.07) is 9.25. The van der Waals surface area contributed by atoms with Crippen LogP contribution in [-0.2, 0) is 28.7 Å². The number of aliphatic hydroxyl groups is 1. The van der Waals surface area contributed by atoms with Gasteiger partial charge in [-0.1, -0.05) is 49.6 Å². The van der Waals surface area contributed by atoms with E-state index in [1.165, 1.54) is 6.42 Å². The molecule has 26 heavy (non-hydrogen) atoms. The number of hydrogen-bond donors (Lipinski definition) is 1. The minimum absolute atomic E-state index is 0. The van der Waals surface area contributed by atoms with Gasteiger partial charge in [0.2, 0.25) is 6.33 Å². The van der Waals surface area contributed by atoms with E-state index in [1.807, 2.05) is 65.2 Å². The first-order valence-corrected chi connectivity index (χ1v) is 9.07. The molecule has 1 atom stereocenters. The molecular weight excluding hydrogens is 443 g/mol. The minimum atomic E-state index is -1.55. The number of aryl methyl sites for hydroxylation is 1. The van der Waals surface area contributed by atoms with Gasteiger partial charge >= 0.3 is 5.97 Å². The van der Waals surface area contributed by atoms with Gasteiger partial charge in [0.05, 0.1) is 7.05 Å². The van der Waals surface area contributed by atoms with Crippen molar-refractivity contribution in [3.63, 3.8) is 0 Å². The molecule has 6 heteroatoms. The molecule has 0 aliphatic heterocycles. The second-order valence-electron chi connectivity index (χ2n) is 6.92. The van der Waals surface area contributed by atoms with E-state index in [-0.39, 0.29) is 36.5 Å². The summed E-state index contributed by atoms with van der Waals surface area (Å²) in [4.78, 5) is 12.9. The number of halogens is 1. The van der Waals surface area contributed by atoms with Gasteiger partial charge in [0, 0.05) is 5.92 Å². The Balaban J connectivity index is 0.00000243. The fourth-order valence-corrected chi connectivity index (χ4v) is 3.72. The maximum Gasteiger partial charge on any atom is 0.343 e. The molecule has 2 aromatic rings. The fourth-order valence-electron chi connectivity index (χ4n) is 3.72. The summed E-state index contributed by atoms with van der Waals surface area (Å²) in [5.41, 5.74) is -0.914. The first-order chi connectivity index (χ1) is 12.1. The summed E-state index contributed by atoms with van der Waals surface area (Å²) in [7, 11) is 1.94. The van der Waals surface area contributed by atoms with Crippen LogP contribution in [0.5, 0.6) is 0 Å². The summed E-state index contributed by atoms with van der Waals surface area (Å²) >= 11 is 0. The lowest BCUT2D eigenvalue weighted by Crippen LogP contribution is -3.00. The number of imidazole rings is 1. The Morgan fingerprint density at radius 3 is 2.58 bits per heavy atom. The minimum Gasteiger partial charge on any atom is -1.00 e. The van der Waals surface area contributed by atoms with Crippen molar-refractivity contribution in [1.29, 1.82) is 0 Å². The number of nitrogens with zero attached hydrogens (tertiary/aromatic N) is 2. The van der Waals surface area contributed by atoms with E-state index in [1.54, 1.807) is 0 Å². The zero-order valence-corrected chi connectivity index (χ0v) is 17.3. The van der Waals surface area contributed by atoms with E-state index >= 15 is 0 Å². The van der Waals surface area contributed by atoms with Gasteiger partial charge in [-0.15, -0.1) is 0 Å². The second-order valence-corrected chi connectivity index (χ2v) is 6.92. The van der Waals surface area contributed by atoms with Gasteiger partial charge in [-0.3, -0.25) is 0 Å². The third-order valence-electron chi connectivity index (χ3n) is 5.13. The lowest BCUT2D eigenvalue weighted by molar-refractivity contribution is -0.671. The number of aromatic nitrogens is 2. The SMILES string of the molecule is C[n+]1ccn(CCOC(=O)C(O)(c2ccccc2)C2CCCCC2)c1.[I-]. The number of hydrogen-bond acceptors (Lipinski definition) is 3. The van der Waals surface area contributed by atoms with Crippen LogP contribution in [0.4, 0.5) is 0 Å². The molecule has 0 amide bonds. The number of carbonyl (C=O) groups is 1. The van der Waals surface area contributed by atoms with Gasteiger partial charge in [0.15, 0.2) is 5.60 Å². The van der Waals surface area contributed by atoms with Gasteiger partial charge in [-0.25, -0.2) is 13.9 Å². The average molecular weight is 470 g/mol. The molecule has 1 unspecified atom stereocenters. The van der Waals surface area contributed by atoms with Gasteiger partial charge in [-0.05, 0) is 18.4 Å². The third-order valence-corrected chi connectivity index (χ3v) is 5.13. The Hall–Kier alpha value is -1.41. The summed E-state index contributed by atoms with van der Waals surface area (Å²) in [6.07, 6.45) is 10.8. The molecule has 1 aromatic heterocycles. The van der Waals surface area contributed by atoms with Crippen LogP contribution in [0, 0.1) is 5.92 Å². The van der Waals surface area contributed by atoms with Crippen molar-refractivity contribution in [2.24, 2.45) is 13.0 Å². The Kier molecular flexibility index (Phi) is 7.64. The summed E-state index contributed by atoms with van der Waals surface area (Å²) in [6.45, 7) is 0.817. The van der Waals surface area contributed by atoms with Crippen LogP contribution in [0.2, 0.25) is 0 Å². The van der Waals surface area contributed by atoms with Crippen molar-refractivity contribution in [2.75, 3.05) is 6.61 Å². The van der Waals surface area contributed by atoms with Crippen molar-refractivity contribution in [3.05, 3.63) is 54.6 Å². The number of rotatable bonds is 6. The Labute approximate surface area is 172 Å². The molecule has 1 N–H and O–H groups in total. The van der Waals surface area contributed by atoms with E-state index < -0.39 is 11.6 Å². The first-order valence-electron chi connectivity index (χ1n) is 9.07. The van der Waals surface area contributed by atoms with E-state index in [4.69, 9.17) is 4.74 Å². The Morgan fingerprint density at radius 1 is 1.27 bits per heavy atom. The van der Waals surface area contributed by atoms with Crippen LogP contribution in [0.25, 0.3) is 0 Å². The Morgan fingerprint density at radius 2 is 1.96 bits per heavy atom. The van der Waals surface area contributed by atoms with Crippen LogP contribution in [0.3, 0.4) is 0 Å². The molecule has 1 saturated carbocycles. The van der Waals surface area contributed by atoms with Crippen LogP contribution >= 0.6 is 0 Å². The highest BCUT2D eigenvalue weighted by Crippen LogP contribution is 2.40. The van der Waals surface area contributed by atoms with E-state index in [9.17, 15) is 9.90 Å². The van der Waals surface area contributed by atoms with Crippen molar-refractivity contribution in [3.8, 4) is 0 Å². The molecule has 1 fully saturated rings. The number of carbonyl (C=O) groups excluding carboxylic acids is 1. The van der Waals surface area contributed by atoms with Crippen molar-refractivity contribution in [2.45, 2.75) is 44.2 Å². The number of esters is 1. The molecule has 0 radical (unpaired) electrons. The molecular formula is C20H27IN2O3. The standard InChI is InChI=1S/C20H27N2O3.HI/c1-21-12-13-22(16-21)14-15-25-19(23)20(24,17-8-4-2-5-9-17)18-10-6-3-7-11-18;/h2,4-5,8-9,12-13,16,18,24H,3,6-7,10-11,14-15H2,1H3;1H/q+1;/p-1. The molecule has 1 heterocycles. The number of ether oxygens (including phenoxy) is 1. The predicted octanol–water partition coefficient (Wildman–Crippen LogP) is -0.672. The first kappa shape index (κ1) is 20.9. The normalized spacial score (nSPS) is 17.2. The average Bonchev–Trinajstić information content (AvgIpc) is 3.07. The van der Waals surface area contributed by atoms with E-state index in [0.29, 0.717) is 12.1 Å². The molecule has 0 spiro atoms. The van der Waals surface area contributed by atoms with Crippen molar-refractivity contribution < 1.29 is 43.2 Å². The summed E-state index contributed by atoms with van der Waals surface area (Å²) < 4.78 is 9.40. The molecule has 1 aliphatic carbocycles. The predicted molar refractivity (Wildman–Crippen MR) is 93.5 cm³/mol. The highest BCUT2D eigenvalue weighted by atomic mass is 127. The van der Waals surface area contributed by atoms with Gasteiger partial charge in [-0.2, -0.15) is 0 Å². The highest BCUT2D eigenvalue weighted by Gasteiger charge is 2.47. The third kappa shape index (κ3) is 4.65. The van der Waals surface area contributed by atoms with Crippen LogP contribution in [0.15, 0.2) is 49.1 Å². The molecule has 0 bridgehead atoms. The molecule has 142 valence electrons. The molecule has 5 nitrogen and oxygen atoms in total. The van der Waals surface area contributed by atoms with Gasteiger partial charge < -0.3 is 33.8 Å². The highest BCUT2D eigenvalue weighted by molar-refractivity contribution is 5.81. The van der Waals surface area contributed by atoms with Crippen molar-refractivity contribution in [1.82, 2.24) is 4.57 Å².